The van der Waals surface area contributed by atoms with Gasteiger partial charge in [-0.2, -0.15) is 0 Å². The second-order valence-corrected chi connectivity index (χ2v) is 4.62. The second-order valence-electron chi connectivity index (χ2n) is 4.29. The maximum absolute atomic E-state index is 11.3. The van der Waals surface area contributed by atoms with Crippen molar-refractivity contribution in [2.75, 3.05) is 25.2 Å². The number of nitrogens with zero attached hydrogens (tertiary/aromatic N) is 3. The molecule has 0 unspecified atom stereocenters. The van der Waals surface area contributed by atoms with Crippen molar-refractivity contribution in [3.05, 3.63) is 17.2 Å². The molecule has 1 saturated heterocycles. The number of carbonyl (C=O) groups is 1. The normalized spacial score (nSPS) is 17.4. The fourth-order valence-electron chi connectivity index (χ4n) is 1.66. The van der Waals surface area contributed by atoms with Crippen LogP contribution in [-0.4, -0.2) is 41.7 Å². The third-order valence-corrected chi connectivity index (χ3v) is 3.15. The lowest BCUT2D eigenvalue weighted by atomic mass is 9.97. The van der Waals surface area contributed by atoms with Crippen LogP contribution in [0.5, 0.6) is 0 Å². The summed E-state index contributed by atoms with van der Waals surface area (Å²) in [5, 5.41) is 0.00552. The standard InChI is InChI=1S/C10H13ClN4O2/c1-10(4-17-5-10)15(2)6-3-13-9(11)14-7(6)8(12)16/h3H,4-5H2,1-2H3,(H2,12,16). The van der Waals surface area contributed by atoms with Crippen LogP contribution in [-0.2, 0) is 4.74 Å². The number of amides is 1. The van der Waals surface area contributed by atoms with E-state index in [0.717, 1.165) is 0 Å². The van der Waals surface area contributed by atoms with Crippen molar-refractivity contribution in [2.24, 2.45) is 5.73 Å². The van der Waals surface area contributed by atoms with Crippen molar-refractivity contribution in [1.29, 1.82) is 0 Å². The van der Waals surface area contributed by atoms with Gasteiger partial charge in [0.2, 0.25) is 5.28 Å². The molecule has 1 aliphatic rings. The Morgan fingerprint density at radius 3 is 2.76 bits per heavy atom. The van der Waals surface area contributed by atoms with Crippen LogP contribution in [0.15, 0.2) is 6.20 Å². The lowest BCUT2D eigenvalue weighted by molar-refractivity contribution is -0.0455. The summed E-state index contributed by atoms with van der Waals surface area (Å²) in [5.41, 5.74) is 5.80. The first-order chi connectivity index (χ1) is 7.94. The molecule has 0 atom stereocenters. The molecule has 1 amide bonds. The van der Waals surface area contributed by atoms with E-state index >= 15 is 0 Å². The zero-order valence-electron chi connectivity index (χ0n) is 9.61. The predicted octanol–water partition coefficient (Wildman–Crippen LogP) is 0.454. The number of hydrogen-bond acceptors (Lipinski definition) is 5. The summed E-state index contributed by atoms with van der Waals surface area (Å²) in [7, 11) is 1.85. The third-order valence-electron chi connectivity index (χ3n) is 2.97. The number of ether oxygens (including phenoxy) is 1. The molecule has 2 rings (SSSR count). The van der Waals surface area contributed by atoms with Crippen molar-refractivity contribution in [1.82, 2.24) is 9.97 Å². The fraction of sp³-hybridized carbons (Fsp3) is 0.500. The van der Waals surface area contributed by atoms with E-state index < -0.39 is 5.91 Å². The fourth-order valence-corrected chi connectivity index (χ4v) is 1.80. The number of anilines is 1. The minimum Gasteiger partial charge on any atom is -0.376 e. The molecule has 6 nitrogen and oxygen atoms in total. The molecule has 2 heterocycles. The van der Waals surface area contributed by atoms with Crippen LogP contribution in [0.2, 0.25) is 5.28 Å². The Morgan fingerprint density at radius 1 is 1.65 bits per heavy atom. The molecule has 0 aliphatic carbocycles. The van der Waals surface area contributed by atoms with Crippen molar-refractivity contribution < 1.29 is 9.53 Å². The minimum absolute atomic E-state index is 0.00552. The van der Waals surface area contributed by atoms with Crippen LogP contribution >= 0.6 is 11.6 Å². The van der Waals surface area contributed by atoms with E-state index in [4.69, 9.17) is 22.1 Å². The van der Waals surface area contributed by atoms with Crippen LogP contribution in [0.25, 0.3) is 0 Å². The largest absolute Gasteiger partial charge is 0.376 e. The van der Waals surface area contributed by atoms with E-state index in [9.17, 15) is 4.79 Å². The smallest absolute Gasteiger partial charge is 0.269 e. The van der Waals surface area contributed by atoms with Gasteiger partial charge in [0, 0.05) is 7.05 Å². The maximum Gasteiger partial charge on any atom is 0.269 e. The molecule has 0 saturated carbocycles. The van der Waals surface area contributed by atoms with Crippen molar-refractivity contribution in [3.8, 4) is 0 Å². The van der Waals surface area contributed by atoms with Gasteiger partial charge in [-0.25, -0.2) is 9.97 Å². The number of primary amides is 1. The van der Waals surface area contributed by atoms with Gasteiger partial charge in [-0.05, 0) is 18.5 Å². The second kappa shape index (κ2) is 4.12. The first-order valence-electron chi connectivity index (χ1n) is 5.08. The van der Waals surface area contributed by atoms with E-state index in [1.165, 1.54) is 6.20 Å². The Kier molecular flexibility index (Phi) is 2.92. The summed E-state index contributed by atoms with van der Waals surface area (Å²) in [6.07, 6.45) is 1.50. The van der Waals surface area contributed by atoms with Gasteiger partial charge < -0.3 is 15.4 Å². The van der Waals surface area contributed by atoms with Crippen LogP contribution in [0.3, 0.4) is 0 Å². The highest BCUT2D eigenvalue weighted by Crippen LogP contribution is 2.30. The number of aromatic nitrogens is 2. The van der Waals surface area contributed by atoms with Crippen molar-refractivity contribution in [2.45, 2.75) is 12.5 Å². The van der Waals surface area contributed by atoms with Gasteiger partial charge in [0.15, 0.2) is 5.69 Å². The summed E-state index contributed by atoms with van der Waals surface area (Å²) in [4.78, 5) is 21.0. The maximum atomic E-state index is 11.3. The quantitative estimate of drug-likeness (QED) is 0.795. The average molecular weight is 257 g/mol. The molecule has 1 fully saturated rings. The topological polar surface area (TPSA) is 81.3 Å². The van der Waals surface area contributed by atoms with Gasteiger partial charge in [-0.3, -0.25) is 4.79 Å². The lowest BCUT2D eigenvalue weighted by Gasteiger charge is -2.46. The van der Waals surface area contributed by atoms with Gasteiger partial charge in [0.25, 0.3) is 5.91 Å². The summed E-state index contributed by atoms with van der Waals surface area (Å²) >= 11 is 5.65. The Balaban J connectivity index is 2.40. The summed E-state index contributed by atoms with van der Waals surface area (Å²) in [5.74, 6) is -0.625. The number of hydrogen-bond donors (Lipinski definition) is 1. The molecule has 0 spiro atoms. The average Bonchev–Trinajstić information content (AvgIpc) is 2.24. The van der Waals surface area contributed by atoms with Crippen LogP contribution in [0.1, 0.15) is 17.4 Å². The Labute approximate surface area is 104 Å². The highest BCUT2D eigenvalue weighted by atomic mass is 35.5. The van der Waals surface area contributed by atoms with Gasteiger partial charge in [-0.1, -0.05) is 0 Å². The summed E-state index contributed by atoms with van der Waals surface area (Å²) in [6.45, 7) is 3.20. The highest BCUT2D eigenvalue weighted by Gasteiger charge is 2.39. The Bertz CT molecular complexity index is 462. The summed E-state index contributed by atoms with van der Waals surface area (Å²) in [6, 6.07) is 0. The zero-order valence-corrected chi connectivity index (χ0v) is 10.4. The van der Waals surface area contributed by atoms with Gasteiger partial charge in [-0.15, -0.1) is 0 Å². The van der Waals surface area contributed by atoms with Gasteiger partial charge in [0.1, 0.15) is 0 Å². The summed E-state index contributed by atoms with van der Waals surface area (Å²) < 4.78 is 5.18. The molecule has 2 N–H and O–H groups in total. The molecule has 0 bridgehead atoms. The predicted molar refractivity (Wildman–Crippen MR) is 63.2 cm³/mol. The number of halogens is 1. The number of likely N-dealkylation sites (N-methyl/N-ethyl adjacent to an activating group) is 1. The minimum atomic E-state index is -0.625. The lowest BCUT2D eigenvalue weighted by Crippen LogP contribution is -2.59. The molecule has 1 aromatic rings. The molecular weight excluding hydrogens is 244 g/mol. The van der Waals surface area contributed by atoms with Crippen LogP contribution in [0.4, 0.5) is 5.69 Å². The first-order valence-corrected chi connectivity index (χ1v) is 5.46. The Hall–Kier alpha value is -1.40. The number of nitrogens with two attached hydrogens (primary N) is 1. The van der Waals surface area contributed by atoms with Crippen LogP contribution < -0.4 is 10.6 Å². The Morgan fingerprint density at radius 2 is 2.29 bits per heavy atom. The SMILES string of the molecule is CN(c1cnc(Cl)nc1C(N)=O)C1(C)COC1. The van der Waals surface area contributed by atoms with E-state index in [2.05, 4.69) is 9.97 Å². The highest BCUT2D eigenvalue weighted by molar-refractivity contribution is 6.28. The number of carbonyl (C=O) groups excluding carboxylic acids is 1. The monoisotopic (exact) mass is 256 g/mol. The van der Waals surface area contributed by atoms with Gasteiger partial charge >= 0.3 is 0 Å². The van der Waals surface area contributed by atoms with E-state index in [-0.39, 0.29) is 16.5 Å². The van der Waals surface area contributed by atoms with Crippen molar-refractivity contribution >= 4 is 23.2 Å². The van der Waals surface area contributed by atoms with E-state index in [1.54, 1.807) is 0 Å². The number of rotatable bonds is 3. The van der Waals surface area contributed by atoms with E-state index in [0.29, 0.717) is 18.9 Å². The molecule has 17 heavy (non-hydrogen) atoms. The molecule has 0 aromatic carbocycles. The first kappa shape index (κ1) is 12.1. The zero-order chi connectivity index (χ0) is 12.6. The molecule has 1 aromatic heterocycles. The molecule has 1 aliphatic heterocycles. The van der Waals surface area contributed by atoms with Crippen LogP contribution in [0, 0.1) is 0 Å². The molecule has 0 radical (unpaired) electrons. The molecule has 7 heteroatoms. The third kappa shape index (κ3) is 2.05. The van der Waals surface area contributed by atoms with Crippen molar-refractivity contribution in [3.63, 3.8) is 0 Å². The van der Waals surface area contributed by atoms with E-state index in [1.807, 2.05) is 18.9 Å². The molecular formula is C10H13ClN4O2. The van der Waals surface area contributed by atoms with Gasteiger partial charge in [0.05, 0.1) is 30.6 Å². The molecule has 92 valence electrons.